The maximum Gasteiger partial charge on any atom is 0.164 e. The molecule has 1 heterocycles. The van der Waals surface area contributed by atoms with E-state index in [0.29, 0.717) is 17.5 Å². The van der Waals surface area contributed by atoms with E-state index in [4.69, 9.17) is 15.0 Å². The van der Waals surface area contributed by atoms with Gasteiger partial charge in [0.2, 0.25) is 0 Å². The first-order valence-electron chi connectivity index (χ1n) is 16.1. The topological polar surface area (TPSA) is 38.7 Å². The van der Waals surface area contributed by atoms with Crippen molar-refractivity contribution in [3.05, 3.63) is 188 Å². The average molecular weight is 614 g/mol. The summed E-state index contributed by atoms with van der Waals surface area (Å²) in [4.78, 5) is 15.3. The summed E-state index contributed by atoms with van der Waals surface area (Å²) in [5.74, 6) is 1.91. The third-order valence-electron chi connectivity index (χ3n) is 8.61. The van der Waals surface area contributed by atoms with Crippen LogP contribution in [-0.4, -0.2) is 15.0 Å². The zero-order valence-corrected chi connectivity index (χ0v) is 26.2. The molecule has 0 aliphatic carbocycles. The molecule has 0 saturated carbocycles. The van der Waals surface area contributed by atoms with E-state index in [1.165, 1.54) is 22.3 Å². The molecule has 7 aromatic carbocycles. The molecule has 0 unspecified atom stereocenters. The summed E-state index contributed by atoms with van der Waals surface area (Å²) in [6.45, 7) is 0. The molecule has 226 valence electrons. The molecule has 0 aliphatic rings. The van der Waals surface area contributed by atoms with E-state index in [2.05, 4.69) is 133 Å². The van der Waals surface area contributed by atoms with Crippen molar-refractivity contribution in [2.24, 2.45) is 0 Å². The molecule has 0 fully saturated rings. The number of nitrogens with zero attached hydrogens (tertiary/aromatic N) is 3. The lowest BCUT2D eigenvalue weighted by atomic mass is 9.96. The van der Waals surface area contributed by atoms with Gasteiger partial charge in [-0.05, 0) is 44.5 Å². The summed E-state index contributed by atoms with van der Waals surface area (Å²) in [6, 6.07) is 65.2. The molecule has 0 radical (unpaired) electrons. The predicted molar refractivity (Wildman–Crippen MR) is 198 cm³/mol. The number of hydrogen-bond donors (Lipinski definition) is 0. The summed E-state index contributed by atoms with van der Waals surface area (Å²) in [7, 11) is 0. The van der Waals surface area contributed by atoms with Gasteiger partial charge in [-0.3, -0.25) is 0 Å². The van der Waals surface area contributed by atoms with Gasteiger partial charge in [-0.1, -0.05) is 188 Å². The van der Waals surface area contributed by atoms with E-state index in [0.717, 1.165) is 38.9 Å². The molecule has 0 atom stereocenters. The largest absolute Gasteiger partial charge is 0.208 e. The Balaban J connectivity index is 1.24. The lowest BCUT2D eigenvalue weighted by molar-refractivity contribution is 1.07. The normalized spacial score (nSPS) is 10.9. The van der Waals surface area contributed by atoms with Crippen LogP contribution in [-0.2, 0) is 0 Å². The molecule has 0 spiro atoms. The molecule has 3 nitrogen and oxygen atoms in total. The minimum absolute atomic E-state index is 0.635. The van der Waals surface area contributed by atoms with Gasteiger partial charge in [0.05, 0.1) is 0 Å². The molecule has 0 aliphatic heterocycles. The highest BCUT2D eigenvalue weighted by Gasteiger charge is 2.18. The maximum absolute atomic E-state index is 5.18. The van der Waals surface area contributed by atoms with Crippen LogP contribution in [0.15, 0.2) is 188 Å². The van der Waals surface area contributed by atoms with Crippen molar-refractivity contribution < 1.29 is 0 Å². The zero-order chi connectivity index (χ0) is 32.1. The van der Waals surface area contributed by atoms with Crippen molar-refractivity contribution in [2.75, 3.05) is 0 Å². The van der Waals surface area contributed by atoms with Gasteiger partial charge in [-0.15, -0.1) is 0 Å². The minimum Gasteiger partial charge on any atom is -0.208 e. The van der Waals surface area contributed by atoms with Crippen LogP contribution >= 0.6 is 0 Å². The fraction of sp³-hybridized carbons (Fsp3) is 0. The second kappa shape index (κ2) is 13.1. The molecule has 0 N–H and O–H groups in total. The van der Waals surface area contributed by atoms with E-state index in [9.17, 15) is 0 Å². The summed E-state index contributed by atoms with van der Waals surface area (Å²) in [5.41, 5.74) is 11.9. The van der Waals surface area contributed by atoms with Crippen LogP contribution in [0.5, 0.6) is 0 Å². The molecule has 0 amide bonds. The minimum atomic E-state index is 0.635. The molecule has 48 heavy (non-hydrogen) atoms. The Hall–Kier alpha value is -6.45. The quantitative estimate of drug-likeness (QED) is 0.179. The van der Waals surface area contributed by atoms with Gasteiger partial charge in [-0.2, -0.15) is 0 Å². The average Bonchev–Trinajstić information content (AvgIpc) is 3.19. The van der Waals surface area contributed by atoms with E-state index in [1.54, 1.807) is 0 Å². The van der Waals surface area contributed by atoms with Gasteiger partial charge >= 0.3 is 0 Å². The highest BCUT2D eigenvalue weighted by atomic mass is 15.0. The van der Waals surface area contributed by atoms with Gasteiger partial charge in [-0.25, -0.2) is 15.0 Å². The molecular weight excluding hydrogens is 583 g/mol. The number of hydrogen-bond acceptors (Lipinski definition) is 3. The van der Waals surface area contributed by atoms with Crippen LogP contribution < -0.4 is 0 Å². The van der Waals surface area contributed by atoms with Crippen molar-refractivity contribution in [3.8, 4) is 78.7 Å². The zero-order valence-electron chi connectivity index (χ0n) is 26.2. The summed E-state index contributed by atoms with van der Waals surface area (Å²) in [5, 5.41) is 0. The lowest BCUT2D eigenvalue weighted by Gasteiger charge is -2.14. The van der Waals surface area contributed by atoms with Crippen LogP contribution in [0.3, 0.4) is 0 Å². The number of benzene rings is 7. The van der Waals surface area contributed by atoms with Gasteiger partial charge in [0.1, 0.15) is 0 Å². The summed E-state index contributed by atoms with van der Waals surface area (Å²) in [6.07, 6.45) is 0. The number of rotatable bonds is 7. The molecule has 0 bridgehead atoms. The van der Waals surface area contributed by atoms with E-state index < -0.39 is 0 Å². The van der Waals surface area contributed by atoms with Crippen LogP contribution in [0.25, 0.3) is 78.7 Å². The fourth-order valence-corrected chi connectivity index (χ4v) is 6.14. The molecule has 8 aromatic rings. The first-order valence-corrected chi connectivity index (χ1v) is 16.1. The molecule has 8 rings (SSSR count). The molecule has 3 heteroatoms. The standard InChI is InChI=1S/C45H31N3/c1-4-14-32(15-5-1)34-24-28-36(29-25-34)39-20-10-12-22-41(39)44-46-43(38-18-8-3-9-19-38)47-45(48-44)42-23-13-11-21-40(42)37-30-26-35(27-31-37)33-16-6-2-7-17-33/h1-31H. The lowest BCUT2D eigenvalue weighted by Crippen LogP contribution is -2.02. The Kier molecular flexibility index (Phi) is 7.92. The smallest absolute Gasteiger partial charge is 0.164 e. The molecule has 1 aromatic heterocycles. The van der Waals surface area contributed by atoms with Crippen LogP contribution in [0.4, 0.5) is 0 Å². The molecule has 0 saturated heterocycles. The Morgan fingerprint density at radius 1 is 0.188 bits per heavy atom. The number of aromatic nitrogens is 3. The van der Waals surface area contributed by atoms with Gasteiger partial charge in [0.25, 0.3) is 0 Å². The van der Waals surface area contributed by atoms with E-state index in [1.807, 2.05) is 54.6 Å². The Morgan fingerprint density at radius 2 is 0.458 bits per heavy atom. The SMILES string of the molecule is c1ccc(-c2ccc(-c3ccccc3-c3nc(-c4ccccc4)nc(-c4ccccc4-c4ccc(-c5ccccc5)cc4)n3)cc2)cc1. The van der Waals surface area contributed by atoms with Crippen molar-refractivity contribution in [2.45, 2.75) is 0 Å². The molecular formula is C45H31N3. The van der Waals surface area contributed by atoms with Crippen molar-refractivity contribution in [3.63, 3.8) is 0 Å². The monoisotopic (exact) mass is 613 g/mol. The fourth-order valence-electron chi connectivity index (χ4n) is 6.14. The second-order valence-corrected chi connectivity index (χ2v) is 11.7. The van der Waals surface area contributed by atoms with E-state index >= 15 is 0 Å². The van der Waals surface area contributed by atoms with Crippen molar-refractivity contribution in [1.29, 1.82) is 0 Å². The maximum atomic E-state index is 5.18. The highest BCUT2D eigenvalue weighted by molar-refractivity contribution is 5.85. The van der Waals surface area contributed by atoms with Gasteiger partial charge in [0, 0.05) is 16.7 Å². The highest BCUT2D eigenvalue weighted by Crippen LogP contribution is 2.36. The first-order chi connectivity index (χ1) is 23.8. The van der Waals surface area contributed by atoms with Crippen molar-refractivity contribution >= 4 is 0 Å². The van der Waals surface area contributed by atoms with Gasteiger partial charge < -0.3 is 0 Å². The Bertz CT molecular complexity index is 2150. The van der Waals surface area contributed by atoms with Gasteiger partial charge in [0.15, 0.2) is 17.5 Å². The third kappa shape index (κ3) is 5.93. The Labute approximate surface area is 280 Å². The van der Waals surface area contributed by atoms with Crippen LogP contribution in [0.1, 0.15) is 0 Å². The first kappa shape index (κ1) is 29.0. The third-order valence-corrected chi connectivity index (χ3v) is 8.61. The van der Waals surface area contributed by atoms with Crippen LogP contribution in [0.2, 0.25) is 0 Å². The van der Waals surface area contributed by atoms with E-state index in [-0.39, 0.29) is 0 Å². The Morgan fingerprint density at radius 3 is 0.854 bits per heavy atom. The van der Waals surface area contributed by atoms with Crippen molar-refractivity contribution in [1.82, 2.24) is 15.0 Å². The second-order valence-electron chi connectivity index (χ2n) is 11.7. The predicted octanol–water partition coefficient (Wildman–Crippen LogP) is 11.5. The summed E-state index contributed by atoms with van der Waals surface area (Å²) >= 11 is 0. The van der Waals surface area contributed by atoms with Crippen LogP contribution in [0, 0.1) is 0 Å². The summed E-state index contributed by atoms with van der Waals surface area (Å²) < 4.78 is 0.